The van der Waals surface area contributed by atoms with Gasteiger partial charge < -0.3 is 4.74 Å². The molecule has 3 aromatic rings. The lowest BCUT2D eigenvalue weighted by molar-refractivity contribution is -0.140. The molecule has 0 saturated carbocycles. The van der Waals surface area contributed by atoms with Crippen molar-refractivity contribution in [1.29, 1.82) is 0 Å². The van der Waals surface area contributed by atoms with Crippen LogP contribution in [0, 0.1) is 0 Å². The van der Waals surface area contributed by atoms with Gasteiger partial charge in [-0.15, -0.1) is 0 Å². The number of rotatable bonds is 5. The first kappa shape index (κ1) is 16.0. The molecule has 0 aliphatic carbocycles. The summed E-state index contributed by atoms with van der Waals surface area (Å²) in [7, 11) is 1.44. The van der Waals surface area contributed by atoms with Crippen molar-refractivity contribution in [3.63, 3.8) is 0 Å². The maximum atomic E-state index is 12.0. The minimum Gasteiger partial charge on any atom is -0.469 e. The van der Waals surface area contributed by atoms with Crippen molar-refractivity contribution in [2.24, 2.45) is 0 Å². The third-order valence-electron chi connectivity index (χ3n) is 4.22. The van der Waals surface area contributed by atoms with Crippen LogP contribution in [-0.2, 0) is 9.53 Å². The standard InChI is InChI=1S/C22H20O2/c1-24-22(23)16-21(18-12-6-3-7-13-18)20-15-9-8-14-19(20)17-10-4-2-5-11-17/h2-15,21H,16H2,1H3. The molecule has 2 heteroatoms. The Morgan fingerprint density at radius 1 is 0.833 bits per heavy atom. The van der Waals surface area contributed by atoms with Crippen molar-refractivity contribution in [3.05, 3.63) is 96.1 Å². The van der Waals surface area contributed by atoms with Crippen molar-refractivity contribution >= 4 is 5.97 Å². The SMILES string of the molecule is COC(=O)CC(c1ccccc1)c1ccccc1-c1ccccc1. The molecule has 1 unspecified atom stereocenters. The highest BCUT2D eigenvalue weighted by Gasteiger charge is 2.21. The van der Waals surface area contributed by atoms with Crippen molar-refractivity contribution in [2.45, 2.75) is 12.3 Å². The fourth-order valence-corrected chi connectivity index (χ4v) is 3.02. The molecule has 0 fully saturated rings. The first-order valence-electron chi connectivity index (χ1n) is 8.05. The van der Waals surface area contributed by atoms with Crippen LogP contribution >= 0.6 is 0 Å². The molecule has 0 aliphatic heterocycles. The zero-order valence-electron chi connectivity index (χ0n) is 13.7. The maximum Gasteiger partial charge on any atom is 0.306 e. The molecule has 1 atom stereocenters. The van der Waals surface area contributed by atoms with Gasteiger partial charge in [-0.05, 0) is 22.3 Å². The van der Waals surface area contributed by atoms with Gasteiger partial charge in [0.05, 0.1) is 13.5 Å². The van der Waals surface area contributed by atoms with Gasteiger partial charge in [0.2, 0.25) is 0 Å². The Kier molecular flexibility index (Phi) is 5.07. The van der Waals surface area contributed by atoms with E-state index in [-0.39, 0.29) is 11.9 Å². The third kappa shape index (κ3) is 3.54. The van der Waals surface area contributed by atoms with Gasteiger partial charge in [-0.3, -0.25) is 4.79 Å². The van der Waals surface area contributed by atoms with Crippen molar-refractivity contribution in [2.75, 3.05) is 7.11 Å². The molecule has 2 nitrogen and oxygen atoms in total. The molecule has 0 heterocycles. The van der Waals surface area contributed by atoms with E-state index >= 15 is 0 Å². The number of carbonyl (C=O) groups is 1. The van der Waals surface area contributed by atoms with Gasteiger partial charge >= 0.3 is 5.97 Å². The lowest BCUT2D eigenvalue weighted by Gasteiger charge is -2.20. The Morgan fingerprint density at radius 2 is 1.42 bits per heavy atom. The van der Waals surface area contributed by atoms with E-state index in [0.29, 0.717) is 6.42 Å². The zero-order chi connectivity index (χ0) is 16.8. The Morgan fingerprint density at radius 3 is 2.08 bits per heavy atom. The van der Waals surface area contributed by atoms with Gasteiger partial charge in [0.15, 0.2) is 0 Å². The van der Waals surface area contributed by atoms with E-state index in [9.17, 15) is 4.79 Å². The number of hydrogen-bond acceptors (Lipinski definition) is 2. The summed E-state index contributed by atoms with van der Waals surface area (Å²) in [6, 6.07) is 28.7. The summed E-state index contributed by atoms with van der Waals surface area (Å²) in [5, 5.41) is 0. The van der Waals surface area contributed by atoms with Crippen LogP contribution < -0.4 is 0 Å². The largest absolute Gasteiger partial charge is 0.469 e. The first-order valence-corrected chi connectivity index (χ1v) is 8.05. The van der Waals surface area contributed by atoms with Gasteiger partial charge in [-0.2, -0.15) is 0 Å². The highest BCUT2D eigenvalue weighted by Crippen LogP contribution is 2.35. The van der Waals surface area contributed by atoms with Crippen LogP contribution in [0.1, 0.15) is 23.5 Å². The van der Waals surface area contributed by atoms with Gasteiger partial charge in [-0.1, -0.05) is 84.9 Å². The van der Waals surface area contributed by atoms with Crippen molar-refractivity contribution in [3.8, 4) is 11.1 Å². The topological polar surface area (TPSA) is 26.3 Å². The van der Waals surface area contributed by atoms with Crippen LogP contribution in [0.5, 0.6) is 0 Å². The molecule has 0 aromatic heterocycles. The summed E-state index contributed by atoms with van der Waals surface area (Å²) in [4.78, 5) is 12.0. The summed E-state index contributed by atoms with van der Waals surface area (Å²) in [6.07, 6.45) is 0.324. The smallest absolute Gasteiger partial charge is 0.306 e. The van der Waals surface area contributed by atoms with E-state index in [1.165, 1.54) is 7.11 Å². The molecule has 0 amide bonds. The number of hydrogen-bond donors (Lipinski definition) is 0. The van der Waals surface area contributed by atoms with Gasteiger partial charge in [-0.25, -0.2) is 0 Å². The summed E-state index contributed by atoms with van der Waals surface area (Å²) >= 11 is 0. The highest BCUT2D eigenvalue weighted by molar-refractivity contribution is 5.74. The van der Waals surface area contributed by atoms with Gasteiger partial charge in [0.1, 0.15) is 0 Å². The van der Waals surface area contributed by atoms with Crippen LogP contribution in [0.2, 0.25) is 0 Å². The Hall–Kier alpha value is -2.87. The molecule has 0 N–H and O–H groups in total. The van der Waals surface area contributed by atoms with Crippen LogP contribution in [-0.4, -0.2) is 13.1 Å². The molecule has 3 aromatic carbocycles. The van der Waals surface area contributed by atoms with Crippen LogP contribution in [0.3, 0.4) is 0 Å². The monoisotopic (exact) mass is 316 g/mol. The molecule has 0 radical (unpaired) electrons. The number of ether oxygens (including phenoxy) is 1. The molecule has 0 aliphatic rings. The maximum absolute atomic E-state index is 12.0. The minimum absolute atomic E-state index is 0.0324. The van der Waals surface area contributed by atoms with Crippen LogP contribution in [0.4, 0.5) is 0 Å². The predicted molar refractivity (Wildman–Crippen MR) is 96.8 cm³/mol. The highest BCUT2D eigenvalue weighted by atomic mass is 16.5. The fraction of sp³-hybridized carbons (Fsp3) is 0.136. The normalized spacial score (nSPS) is 11.7. The molecule has 0 spiro atoms. The first-order chi connectivity index (χ1) is 11.8. The van der Waals surface area contributed by atoms with E-state index in [1.807, 2.05) is 48.5 Å². The van der Waals surface area contributed by atoms with E-state index in [4.69, 9.17) is 4.74 Å². The second-order valence-corrected chi connectivity index (χ2v) is 5.70. The Bertz CT molecular complexity index is 794. The molecule has 0 saturated heterocycles. The molecular weight excluding hydrogens is 296 g/mol. The summed E-state index contributed by atoms with van der Waals surface area (Å²) in [5.74, 6) is -0.234. The predicted octanol–water partition coefficient (Wildman–Crippen LogP) is 5.05. The average molecular weight is 316 g/mol. The van der Waals surface area contributed by atoms with Crippen molar-refractivity contribution in [1.82, 2.24) is 0 Å². The summed E-state index contributed by atoms with van der Waals surface area (Å²) in [6.45, 7) is 0. The minimum atomic E-state index is -0.202. The van der Waals surface area contributed by atoms with E-state index in [0.717, 1.165) is 22.3 Å². The quantitative estimate of drug-likeness (QED) is 0.616. The Balaban J connectivity index is 2.10. The number of carbonyl (C=O) groups excluding carboxylic acids is 1. The molecule has 24 heavy (non-hydrogen) atoms. The van der Waals surface area contributed by atoms with Gasteiger partial charge in [0.25, 0.3) is 0 Å². The second kappa shape index (κ2) is 7.60. The third-order valence-corrected chi connectivity index (χ3v) is 4.22. The Labute approximate surface area is 142 Å². The molecular formula is C22H20O2. The number of methoxy groups -OCH3 is 1. The molecule has 0 bridgehead atoms. The van der Waals surface area contributed by atoms with Gasteiger partial charge in [0, 0.05) is 5.92 Å². The lowest BCUT2D eigenvalue weighted by Crippen LogP contribution is -2.11. The molecule has 3 rings (SSSR count). The lowest BCUT2D eigenvalue weighted by atomic mass is 9.84. The average Bonchev–Trinajstić information content (AvgIpc) is 2.67. The molecule has 120 valence electrons. The van der Waals surface area contributed by atoms with Crippen molar-refractivity contribution < 1.29 is 9.53 Å². The van der Waals surface area contributed by atoms with E-state index in [1.54, 1.807) is 0 Å². The fourth-order valence-electron chi connectivity index (χ4n) is 3.02. The second-order valence-electron chi connectivity index (χ2n) is 5.70. The van der Waals surface area contributed by atoms with Crippen LogP contribution in [0.25, 0.3) is 11.1 Å². The number of benzene rings is 3. The number of esters is 1. The zero-order valence-corrected chi connectivity index (χ0v) is 13.7. The summed E-state index contributed by atoms with van der Waals surface area (Å²) in [5.41, 5.74) is 4.56. The van der Waals surface area contributed by atoms with Crippen LogP contribution in [0.15, 0.2) is 84.9 Å². The summed E-state index contributed by atoms with van der Waals surface area (Å²) < 4.78 is 4.93. The van der Waals surface area contributed by atoms with E-state index in [2.05, 4.69) is 36.4 Å². The van der Waals surface area contributed by atoms with E-state index < -0.39 is 0 Å².